The molecule has 2 rings (SSSR count). The van der Waals surface area contributed by atoms with Gasteiger partial charge in [-0.25, -0.2) is 0 Å². The number of hydrogen-bond donors (Lipinski definition) is 1. The molecule has 0 saturated heterocycles. The SMILES string of the molecule is CNC(=O)C(C)N(Cc1cccc(Br)c1)C(=O)COc1ccccc1C(C)(C)C. The number of likely N-dealkylation sites (N-methyl/N-ethyl adjacent to an activating group) is 1. The number of carbonyl (C=O) groups is 2. The van der Waals surface area contributed by atoms with E-state index in [-0.39, 0.29) is 23.8 Å². The molecule has 0 bridgehead atoms. The van der Waals surface area contributed by atoms with E-state index in [1.165, 1.54) is 0 Å². The summed E-state index contributed by atoms with van der Waals surface area (Å²) in [5, 5.41) is 2.62. The lowest BCUT2D eigenvalue weighted by Gasteiger charge is -2.29. The van der Waals surface area contributed by atoms with Gasteiger partial charge >= 0.3 is 0 Å². The number of rotatable bonds is 7. The summed E-state index contributed by atoms with van der Waals surface area (Å²) in [6.45, 7) is 8.20. The molecule has 0 aliphatic heterocycles. The maximum absolute atomic E-state index is 13.0. The number of halogens is 1. The van der Waals surface area contributed by atoms with Crippen LogP contribution in [-0.2, 0) is 21.5 Å². The van der Waals surface area contributed by atoms with Crippen molar-refractivity contribution in [3.63, 3.8) is 0 Å². The van der Waals surface area contributed by atoms with Crippen LogP contribution in [0.2, 0.25) is 0 Å². The van der Waals surface area contributed by atoms with Crippen LogP contribution < -0.4 is 10.1 Å². The van der Waals surface area contributed by atoms with Crippen LogP contribution in [-0.4, -0.2) is 36.4 Å². The third kappa shape index (κ3) is 6.32. The molecule has 29 heavy (non-hydrogen) atoms. The molecule has 0 heterocycles. The Hall–Kier alpha value is -2.34. The van der Waals surface area contributed by atoms with E-state index in [1.54, 1.807) is 18.9 Å². The van der Waals surface area contributed by atoms with Crippen molar-refractivity contribution in [1.29, 1.82) is 0 Å². The molecular formula is C23H29BrN2O3. The number of amides is 2. The fourth-order valence-electron chi connectivity index (χ4n) is 3.06. The standard InChI is InChI=1S/C23H29BrN2O3/c1-16(22(28)25-5)26(14-17-9-8-10-18(24)13-17)21(27)15-29-20-12-7-6-11-19(20)23(2,3)4/h6-13,16H,14-15H2,1-5H3,(H,25,28). The molecule has 0 aliphatic carbocycles. The lowest BCUT2D eigenvalue weighted by atomic mass is 9.86. The molecule has 0 saturated carbocycles. The fourth-order valence-corrected chi connectivity index (χ4v) is 3.50. The lowest BCUT2D eigenvalue weighted by Crippen LogP contribution is -2.48. The summed E-state index contributed by atoms with van der Waals surface area (Å²) in [5.41, 5.74) is 1.86. The number of carbonyl (C=O) groups excluding carboxylic acids is 2. The largest absolute Gasteiger partial charge is 0.483 e. The van der Waals surface area contributed by atoms with Crippen LogP contribution in [0.3, 0.4) is 0 Å². The maximum Gasteiger partial charge on any atom is 0.261 e. The summed E-state index contributed by atoms with van der Waals surface area (Å²) in [4.78, 5) is 26.8. The second-order valence-corrected chi connectivity index (χ2v) is 8.89. The van der Waals surface area contributed by atoms with Crippen LogP contribution in [0, 0.1) is 0 Å². The van der Waals surface area contributed by atoms with Crippen molar-refractivity contribution in [3.8, 4) is 5.75 Å². The van der Waals surface area contributed by atoms with Crippen molar-refractivity contribution < 1.29 is 14.3 Å². The first-order valence-electron chi connectivity index (χ1n) is 9.61. The van der Waals surface area contributed by atoms with E-state index in [1.807, 2.05) is 48.5 Å². The number of nitrogens with zero attached hydrogens (tertiary/aromatic N) is 1. The molecule has 5 nitrogen and oxygen atoms in total. The zero-order chi connectivity index (χ0) is 21.6. The van der Waals surface area contributed by atoms with Crippen LogP contribution >= 0.6 is 15.9 Å². The third-order valence-corrected chi connectivity index (χ3v) is 5.20. The predicted molar refractivity (Wildman–Crippen MR) is 119 cm³/mol. The molecule has 1 atom stereocenters. The summed E-state index contributed by atoms with van der Waals surface area (Å²) in [6.07, 6.45) is 0. The summed E-state index contributed by atoms with van der Waals surface area (Å²) < 4.78 is 6.82. The Bertz CT molecular complexity index is 861. The smallest absolute Gasteiger partial charge is 0.261 e. The van der Waals surface area contributed by atoms with Crippen molar-refractivity contribution in [2.24, 2.45) is 0 Å². The molecule has 0 fully saturated rings. The van der Waals surface area contributed by atoms with Gasteiger partial charge < -0.3 is 15.0 Å². The van der Waals surface area contributed by atoms with Crippen molar-refractivity contribution in [3.05, 3.63) is 64.1 Å². The quantitative estimate of drug-likeness (QED) is 0.670. The van der Waals surface area contributed by atoms with Gasteiger partial charge in [-0.3, -0.25) is 9.59 Å². The van der Waals surface area contributed by atoms with E-state index < -0.39 is 6.04 Å². The minimum Gasteiger partial charge on any atom is -0.483 e. The second kappa shape index (κ2) is 9.92. The summed E-state index contributed by atoms with van der Waals surface area (Å²) in [5.74, 6) is 0.219. The van der Waals surface area contributed by atoms with E-state index in [9.17, 15) is 9.59 Å². The van der Waals surface area contributed by atoms with E-state index in [0.29, 0.717) is 12.3 Å². The molecule has 1 N–H and O–H groups in total. The Kier molecular flexibility index (Phi) is 7.85. The highest BCUT2D eigenvalue weighted by Gasteiger charge is 2.26. The van der Waals surface area contributed by atoms with E-state index in [2.05, 4.69) is 42.0 Å². The first kappa shape index (κ1) is 22.9. The Morgan fingerprint density at radius 3 is 2.45 bits per heavy atom. The fraction of sp³-hybridized carbons (Fsp3) is 0.391. The highest BCUT2D eigenvalue weighted by atomic mass is 79.9. The molecule has 0 radical (unpaired) electrons. The van der Waals surface area contributed by atoms with Crippen LogP contribution in [0.5, 0.6) is 5.75 Å². The Balaban J connectivity index is 2.21. The van der Waals surface area contributed by atoms with Gasteiger partial charge in [0.15, 0.2) is 6.61 Å². The van der Waals surface area contributed by atoms with Crippen LogP contribution in [0.1, 0.15) is 38.8 Å². The third-order valence-electron chi connectivity index (χ3n) is 4.70. The van der Waals surface area contributed by atoms with E-state index in [4.69, 9.17) is 4.74 Å². The highest BCUT2D eigenvalue weighted by Crippen LogP contribution is 2.31. The van der Waals surface area contributed by atoms with Crippen molar-refractivity contribution in [1.82, 2.24) is 10.2 Å². The normalized spacial score (nSPS) is 12.2. The molecular weight excluding hydrogens is 432 g/mol. The zero-order valence-corrected chi connectivity index (χ0v) is 19.2. The molecule has 2 aromatic carbocycles. The second-order valence-electron chi connectivity index (χ2n) is 7.98. The first-order valence-corrected chi connectivity index (χ1v) is 10.4. The van der Waals surface area contributed by atoms with Crippen LogP contribution in [0.15, 0.2) is 53.0 Å². The molecule has 6 heteroatoms. The maximum atomic E-state index is 13.0. The van der Waals surface area contributed by atoms with Gasteiger partial charge in [-0.1, -0.05) is 67.0 Å². The molecule has 2 aromatic rings. The summed E-state index contributed by atoms with van der Waals surface area (Å²) in [6, 6.07) is 14.8. The van der Waals surface area contributed by atoms with Gasteiger partial charge in [-0.2, -0.15) is 0 Å². The van der Waals surface area contributed by atoms with Crippen LogP contribution in [0.25, 0.3) is 0 Å². The Morgan fingerprint density at radius 2 is 1.83 bits per heavy atom. The van der Waals surface area contributed by atoms with Gasteiger partial charge in [0.1, 0.15) is 11.8 Å². The summed E-state index contributed by atoms with van der Waals surface area (Å²) in [7, 11) is 1.57. The van der Waals surface area contributed by atoms with Crippen molar-refractivity contribution >= 4 is 27.7 Å². The number of benzene rings is 2. The molecule has 1 unspecified atom stereocenters. The van der Waals surface area contributed by atoms with E-state index in [0.717, 1.165) is 15.6 Å². The Morgan fingerprint density at radius 1 is 1.14 bits per heavy atom. The monoisotopic (exact) mass is 460 g/mol. The van der Waals surface area contributed by atoms with Crippen molar-refractivity contribution in [2.75, 3.05) is 13.7 Å². The van der Waals surface area contributed by atoms with E-state index >= 15 is 0 Å². The van der Waals surface area contributed by atoms with Crippen molar-refractivity contribution in [2.45, 2.75) is 45.7 Å². The minimum absolute atomic E-state index is 0.106. The molecule has 0 spiro atoms. The molecule has 2 amide bonds. The molecule has 0 aromatic heterocycles. The first-order chi connectivity index (χ1) is 13.6. The van der Waals surface area contributed by atoms with Gasteiger partial charge in [-0.05, 0) is 41.7 Å². The highest BCUT2D eigenvalue weighted by molar-refractivity contribution is 9.10. The minimum atomic E-state index is -0.618. The van der Waals surface area contributed by atoms with Gasteiger partial charge in [0.25, 0.3) is 5.91 Å². The van der Waals surface area contributed by atoms with Gasteiger partial charge in [0, 0.05) is 18.1 Å². The zero-order valence-electron chi connectivity index (χ0n) is 17.7. The number of hydrogen-bond acceptors (Lipinski definition) is 3. The molecule has 0 aliphatic rings. The van der Waals surface area contributed by atoms with Crippen LogP contribution in [0.4, 0.5) is 0 Å². The topological polar surface area (TPSA) is 58.6 Å². The lowest BCUT2D eigenvalue weighted by molar-refractivity contribution is -0.142. The Labute approximate surface area is 181 Å². The summed E-state index contributed by atoms with van der Waals surface area (Å²) >= 11 is 3.45. The number of nitrogens with one attached hydrogen (secondary N) is 1. The average Bonchev–Trinajstić information content (AvgIpc) is 2.68. The predicted octanol–water partition coefficient (Wildman–Crippen LogP) is 4.29. The van der Waals surface area contributed by atoms with Gasteiger partial charge in [0.2, 0.25) is 5.91 Å². The number of para-hydroxylation sites is 1. The molecule has 156 valence electrons. The number of ether oxygens (including phenoxy) is 1. The average molecular weight is 461 g/mol. The van der Waals surface area contributed by atoms with Gasteiger partial charge in [0.05, 0.1) is 0 Å². The van der Waals surface area contributed by atoms with Gasteiger partial charge in [-0.15, -0.1) is 0 Å².